The van der Waals surface area contributed by atoms with Gasteiger partial charge in [0.1, 0.15) is 16.4 Å². The maximum absolute atomic E-state index is 12.5. The molecule has 0 atom stereocenters. The Morgan fingerprint density at radius 1 is 1.19 bits per heavy atom. The SMILES string of the molecule is N[C@H]1C[C@H](NS(=O)(=O)c2cc(Oc3c(Cl)cc(Br)cc3Cl)ccc2O)C1. The maximum atomic E-state index is 12.5. The third kappa shape index (κ3) is 4.27. The molecule has 1 aliphatic carbocycles. The Bertz CT molecular complexity index is 926. The molecule has 2 aromatic carbocycles. The van der Waals surface area contributed by atoms with Crippen LogP contribution in [0.4, 0.5) is 0 Å². The number of nitrogens with two attached hydrogens (primary N) is 1. The number of sulfonamides is 1. The summed E-state index contributed by atoms with van der Waals surface area (Å²) in [6, 6.07) is 6.82. The van der Waals surface area contributed by atoms with Gasteiger partial charge in [-0.15, -0.1) is 0 Å². The summed E-state index contributed by atoms with van der Waals surface area (Å²) < 4.78 is 33.9. The highest BCUT2D eigenvalue weighted by molar-refractivity contribution is 9.10. The molecule has 4 N–H and O–H groups in total. The van der Waals surface area contributed by atoms with E-state index in [9.17, 15) is 13.5 Å². The van der Waals surface area contributed by atoms with E-state index in [0.717, 1.165) is 0 Å². The molecule has 6 nitrogen and oxygen atoms in total. The van der Waals surface area contributed by atoms with Gasteiger partial charge in [0.05, 0.1) is 10.0 Å². The summed E-state index contributed by atoms with van der Waals surface area (Å²) in [5.74, 6) is -0.0374. The van der Waals surface area contributed by atoms with Crippen LogP contribution >= 0.6 is 39.1 Å². The largest absolute Gasteiger partial charge is 0.507 e. The molecule has 0 bridgehead atoms. The Balaban J connectivity index is 1.88. The number of halogens is 3. The molecule has 1 aliphatic rings. The first-order chi connectivity index (χ1) is 12.2. The average Bonchev–Trinajstić information content (AvgIpc) is 2.50. The number of hydrogen-bond donors (Lipinski definition) is 3. The van der Waals surface area contributed by atoms with Gasteiger partial charge in [-0.05, 0) is 37.1 Å². The molecule has 0 amide bonds. The molecule has 0 radical (unpaired) electrons. The minimum Gasteiger partial charge on any atom is -0.507 e. The number of nitrogens with one attached hydrogen (secondary N) is 1. The summed E-state index contributed by atoms with van der Waals surface area (Å²) in [5, 5.41) is 10.5. The lowest BCUT2D eigenvalue weighted by Gasteiger charge is -2.32. The van der Waals surface area contributed by atoms with Gasteiger partial charge in [-0.2, -0.15) is 0 Å². The van der Waals surface area contributed by atoms with Crippen molar-refractivity contribution in [2.45, 2.75) is 29.8 Å². The number of ether oxygens (including phenoxy) is 1. The van der Waals surface area contributed by atoms with Crippen molar-refractivity contribution in [1.29, 1.82) is 0 Å². The van der Waals surface area contributed by atoms with Gasteiger partial charge in [-0.1, -0.05) is 39.1 Å². The van der Waals surface area contributed by atoms with Crippen molar-refractivity contribution in [2.24, 2.45) is 5.73 Å². The Labute approximate surface area is 169 Å². The van der Waals surface area contributed by atoms with Gasteiger partial charge in [-0.3, -0.25) is 0 Å². The van der Waals surface area contributed by atoms with E-state index in [1.54, 1.807) is 12.1 Å². The zero-order valence-electron chi connectivity index (χ0n) is 13.2. The number of rotatable bonds is 5. The van der Waals surface area contributed by atoms with E-state index in [1.165, 1.54) is 18.2 Å². The van der Waals surface area contributed by atoms with Crippen LogP contribution in [0.3, 0.4) is 0 Å². The molecule has 10 heteroatoms. The third-order valence-electron chi connectivity index (χ3n) is 3.90. The van der Waals surface area contributed by atoms with Gasteiger partial charge in [0.15, 0.2) is 5.75 Å². The van der Waals surface area contributed by atoms with E-state index in [4.69, 9.17) is 33.7 Å². The van der Waals surface area contributed by atoms with Crippen LogP contribution in [0.5, 0.6) is 17.2 Å². The topological polar surface area (TPSA) is 102 Å². The summed E-state index contributed by atoms with van der Waals surface area (Å²) in [6.45, 7) is 0. The van der Waals surface area contributed by atoms with E-state index in [0.29, 0.717) is 17.3 Å². The second kappa shape index (κ2) is 7.53. The molecule has 140 valence electrons. The van der Waals surface area contributed by atoms with Crippen LogP contribution in [0.1, 0.15) is 12.8 Å². The van der Waals surface area contributed by atoms with Gasteiger partial charge >= 0.3 is 0 Å². The molecule has 0 saturated heterocycles. The number of phenols is 1. The normalized spacial score (nSPS) is 19.8. The van der Waals surface area contributed by atoms with E-state index < -0.39 is 10.0 Å². The third-order valence-corrected chi connectivity index (χ3v) is 6.47. The van der Waals surface area contributed by atoms with Crippen LogP contribution in [0.2, 0.25) is 10.0 Å². The van der Waals surface area contributed by atoms with E-state index in [-0.39, 0.29) is 44.3 Å². The highest BCUT2D eigenvalue weighted by Gasteiger charge is 2.31. The van der Waals surface area contributed by atoms with Crippen LogP contribution in [0, 0.1) is 0 Å². The molecule has 26 heavy (non-hydrogen) atoms. The van der Waals surface area contributed by atoms with Crippen molar-refractivity contribution in [3.8, 4) is 17.2 Å². The van der Waals surface area contributed by atoms with Crippen molar-refractivity contribution in [1.82, 2.24) is 4.72 Å². The highest BCUT2D eigenvalue weighted by atomic mass is 79.9. The smallest absolute Gasteiger partial charge is 0.244 e. The van der Waals surface area contributed by atoms with Gasteiger partial charge in [0, 0.05) is 22.6 Å². The van der Waals surface area contributed by atoms with Gasteiger partial charge in [-0.25, -0.2) is 13.1 Å². The average molecular weight is 482 g/mol. The quantitative estimate of drug-likeness (QED) is 0.598. The van der Waals surface area contributed by atoms with E-state index in [2.05, 4.69) is 20.7 Å². The second-order valence-electron chi connectivity index (χ2n) is 5.98. The van der Waals surface area contributed by atoms with Crippen LogP contribution in [-0.2, 0) is 10.0 Å². The molecule has 0 unspecified atom stereocenters. The fourth-order valence-electron chi connectivity index (χ4n) is 2.56. The fourth-order valence-corrected chi connectivity index (χ4v) is 5.22. The van der Waals surface area contributed by atoms with E-state index >= 15 is 0 Å². The minimum atomic E-state index is -3.93. The first kappa shape index (κ1) is 19.7. The van der Waals surface area contributed by atoms with Gasteiger partial charge < -0.3 is 15.6 Å². The van der Waals surface area contributed by atoms with Gasteiger partial charge in [0.2, 0.25) is 10.0 Å². The van der Waals surface area contributed by atoms with Crippen LogP contribution in [0.15, 0.2) is 39.7 Å². The minimum absolute atomic E-state index is 0.00680. The summed E-state index contributed by atoms with van der Waals surface area (Å²) in [5.41, 5.74) is 5.67. The molecule has 0 aromatic heterocycles. The predicted octanol–water partition coefficient (Wildman–Crippen LogP) is 4.02. The molecular formula is C16H15BrCl2N2O4S. The molecule has 0 spiro atoms. The second-order valence-corrected chi connectivity index (χ2v) is 9.39. The number of aromatic hydroxyl groups is 1. The molecule has 1 fully saturated rings. The summed E-state index contributed by atoms with van der Waals surface area (Å²) >= 11 is 15.5. The first-order valence-electron chi connectivity index (χ1n) is 7.59. The summed E-state index contributed by atoms with van der Waals surface area (Å²) in [6.07, 6.45) is 1.11. The Morgan fingerprint density at radius 2 is 1.81 bits per heavy atom. The van der Waals surface area contributed by atoms with Crippen molar-refractivity contribution in [3.05, 3.63) is 44.8 Å². The summed E-state index contributed by atoms with van der Waals surface area (Å²) in [4.78, 5) is -0.292. The zero-order chi connectivity index (χ0) is 19.1. The zero-order valence-corrected chi connectivity index (χ0v) is 17.2. The number of phenolic OH excluding ortho intramolecular Hbond substituents is 1. The number of hydrogen-bond acceptors (Lipinski definition) is 5. The lowest BCUT2D eigenvalue weighted by Crippen LogP contribution is -2.50. The Hall–Kier alpha value is -1.03. The maximum Gasteiger partial charge on any atom is 0.244 e. The van der Waals surface area contributed by atoms with E-state index in [1.807, 2.05) is 0 Å². The van der Waals surface area contributed by atoms with Crippen LogP contribution in [-0.4, -0.2) is 25.6 Å². The van der Waals surface area contributed by atoms with Crippen molar-refractivity contribution in [3.63, 3.8) is 0 Å². The fraction of sp³-hybridized carbons (Fsp3) is 0.250. The van der Waals surface area contributed by atoms with Crippen LogP contribution < -0.4 is 15.2 Å². The molecule has 1 saturated carbocycles. The first-order valence-corrected chi connectivity index (χ1v) is 10.6. The number of benzene rings is 2. The highest BCUT2D eigenvalue weighted by Crippen LogP contribution is 2.40. The van der Waals surface area contributed by atoms with Crippen molar-refractivity contribution >= 4 is 49.2 Å². The van der Waals surface area contributed by atoms with Crippen molar-refractivity contribution < 1.29 is 18.3 Å². The Kier molecular flexibility index (Phi) is 5.72. The van der Waals surface area contributed by atoms with Crippen LogP contribution in [0.25, 0.3) is 0 Å². The lowest BCUT2D eigenvalue weighted by molar-refractivity contribution is 0.326. The standard InChI is InChI=1S/C16H15BrCl2N2O4S/c17-8-3-12(18)16(13(19)4-8)25-11-1-2-14(22)15(7-11)26(23,24)21-10-5-9(20)6-10/h1-4,7,9-10,21-22H,5-6,20H2/t9-,10-. The molecule has 0 aliphatic heterocycles. The molecular weight excluding hydrogens is 467 g/mol. The molecule has 0 heterocycles. The Morgan fingerprint density at radius 3 is 2.38 bits per heavy atom. The predicted molar refractivity (Wildman–Crippen MR) is 104 cm³/mol. The monoisotopic (exact) mass is 480 g/mol. The van der Waals surface area contributed by atoms with Gasteiger partial charge in [0.25, 0.3) is 0 Å². The molecule has 3 rings (SSSR count). The van der Waals surface area contributed by atoms with Crippen molar-refractivity contribution in [2.75, 3.05) is 0 Å². The molecule has 2 aromatic rings. The summed E-state index contributed by atoms with van der Waals surface area (Å²) in [7, 11) is -3.93. The lowest BCUT2D eigenvalue weighted by atomic mass is 9.89.